The number of rotatable bonds is 2. The lowest BCUT2D eigenvalue weighted by atomic mass is 10.2. The second-order valence-electron chi connectivity index (χ2n) is 3.36. The highest BCUT2D eigenvalue weighted by Gasteiger charge is 2.12. The molecule has 5 heteroatoms. The Kier molecular flexibility index (Phi) is 2.82. The fourth-order valence-electron chi connectivity index (χ4n) is 1.61. The summed E-state index contributed by atoms with van der Waals surface area (Å²) in [6.45, 7) is 2.98. The van der Waals surface area contributed by atoms with Crippen LogP contribution in [-0.4, -0.2) is 31.4 Å². The van der Waals surface area contributed by atoms with Gasteiger partial charge in [-0.3, -0.25) is 0 Å². The van der Waals surface area contributed by atoms with Gasteiger partial charge in [-0.1, -0.05) is 0 Å². The molecule has 1 fully saturated rings. The molecule has 1 aromatic rings. The van der Waals surface area contributed by atoms with Gasteiger partial charge in [0.25, 0.3) is 0 Å². The summed E-state index contributed by atoms with van der Waals surface area (Å²) in [4.78, 5) is 12.4. The molecule has 1 aromatic carbocycles. The fraction of sp³-hybridized carbons (Fsp3) is 0.400. The highest BCUT2D eigenvalue weighted by atomic mass is 16.5. The predicted molar refractivity (Wildman–Crippen MR) is 56.6 cm³/mol. The molecule has 0 atom stereocenters. The molecule has 0 spiro atoms. The molecular weight excluding hydrogens is 196 g/mol. The summed E-state index contributed by atoms with van der Waals surface area (Å²) in [7, 11) is 0. The van der Waals surface area contributed by atoms with Crippen molar-refractivity contribution >= 4 is 11.4 Å². The number of phenolic OH excluding ortho intramolecular Hbond substituents is 1. The van der Waals surface area contributed by atoms with Crippen LogP contribution in [0, 0.1) is 4.91 Å². The summed E-state index contributed by atoms with van der Waals surface area (Å²) in [5.74, 6) is -0.0750. The lowest BCUT2D eigenvalue weighted by Gasteiger charge is -2.28. The van der Waals surface area contributed by atoms with Crippen LogP contribution in [-0.2, 0) is 4.74 Å². The molecule has 0 radical (unpaired) electrons. The van der Waals surface area contributed by atoms with Gasteiger partial charge in [-0.15, -0.1) is 4.91 Å². The smallest absolute Gasteiger partial charge is 0.149 e. The van der Waals surface area contributed by atoms with Gasteiger partial charge in [0.2, 0.25) is 0 Å². The molecule has 1 aliphatic rings. The average Bonchev–Trinajstić information content (AvgIpc) is 2.30. The third-order valence-electron chi connectivity index (χ3n) is 2.43. The van der Waals surface area contributed by atoms with E-state index in [-0.39, 0.29) is 11.4 Å². The highest BCUT2D eigenvalue weighted by Crippen LogP contribution is 2.30. The van der Waals surface area contributed by atoms with Crippen LogP contribution in [0.4, 0.5) is 11.4 Å². The minimum atomic E-state index is -0.0750. The van der Waals surface area contributed by atoms with Gasteiger partial charge in [-0.05, 0) is 17.3 Å². The standard InChI is InChI=1S/C10H12N2O3/c13-10-7-8(1-2-9(10)11-14)12-3-5-15-6-4-12/h1-2,7,13H,3-6H2. The Morgan fingerprint density at radius 2 is 2.07 bits per heavy atom. The van der Waals surface area contributed by atoms with Crippen molar-refractivity contribution in [2.24, 2.45) is 5.18 Å². The maximum atomic E-state index is 10.3. The number of aromatic hydroxyl groups is 1. The van der Waals surface area contributed by atoms with Crippen LogP contribution in [0.2, 0.25) is 0 Å². The maximum absolute atomic E-state index is 10.3. The Labute approximate surface area is 87.2 Å². The number of anilines is 1. The monoisotopic (exact) mass is 208 g/mol. The van der Waals surface area contributed by atoms with Gasteiger partial charge in [0.1, 0.15) is 11.4 Å². The van der Waals surface area contributed by atoms with Crippen molar-refractivity contribution in [3.63, 3.8) is 0 Å². The topological polar surface area (TPSA) is 62.1 Å². The number of hydrogen-bond acceptors (Lipinski definition) is 5. The number of morpholine rings is 1. The van der Waals surface area contributed by atoms with E-state index in [1.165, 1.54) is 6.07 Å². The van der Waals surface area contributed by atoms with Crippen LogP contribution < -0.4 is 4.90 Å². The Hall–Kier alpha value is -1.62. The molecule has 0 aromatic heterocycles. The fourth-order valence-corrected chi connectivity index (χ4v) is 1.61. The third-order valence-corrected chi connectivity index (χ3v) is 2.43. The van der Waals surface area contributed by atoms with E-state index < -0.39 is 0 Å². The van der Waals surface area contributed by atoms with Gasteiger partial charge in [-0.25, -0.2) is 0 Å². The Morgan fingerprint density at radius 3 is 2.67 bits per heavy atom. The molecule has 5 nitrogen and oxygen atoms in total. The molecule has 0 bridgehead atoms. The van der Waals surface area contributed by atoms with Gasteiger partial charge >= 0.3 is 0 Å². The van der Waals surface area contributed by atoms with Gasteiger partial charge < -0.3 is 14.7 Å². The summed E-state index contributed by atoms with van der Waals surface area (Å²) >= 11 is 0. The van der Waals surface area contributed by atoms with Gasteiger partial charge in [0, 0.05) is 24.8 Å². The van der Waals surface area contributed by atoms with Gasteiger partial charge in [0.05, 0.1) is 13.2 Å². The van der Waals surface area contributed by atoms with Crippen LogP contribution in [0.15, 0.2) is 23.4 Å². The molecule has 0 unspecified atom stereocenters. The Morgan fingerprint density at radius 1 is 1.33 bits per heavy atom. The quantitative estimate of drug-likeness (QED) is 0.750. The summed E-state index contributed by atoms with van der Waals surface area (Å²) < 4.78 is 5.22. The zero-order chi connectivity index (χ0) is 10.7. The van der Waals surface area contributed by atoms with Crippen LogP contribution in [0.25, 0.3) is 0 Å². The van der Waals surface area contributed by atoms with E-state index in [0.29, 0.717) is 13.2 Å². The van der Waals surface area contributed by atoms with E-state index in [0.717, 1.165) is 18.8 Å². The molecule has 1 saturated heterocycles. The lowest BCUT2D eigenvalue weighted by Crippen LogP contribution is -2.36. The van der Waals surface area contributed by atoms with E-state index in [1.807, 2.05) is 0 Å². The predicted octanol–water partition coefficient (Wildman–Crippen LogP) is 1.63. The van der Waals surface area contributed by atoms with E-state index >= 15 is 0 Å². The van der Waals surface area contributed by atoms with Crippen molar-refractivity contribution in [2.45, 2.75) is 0 Å². The summed E-state index contributed by atoms with van der Waals surface area (Å²) in [5, 5.41) is 12.2. The number of ether oxygens (including phenoxy) is 1. The highest BCUT2D eigenvalue weighted by molar-refractivity contribution is 5.61. The lowest BCUT2D eigenvalue weighted by molar-refractivity contribution is 0.122. The largest absolute Gasteiger partial charge is 0.505 e. The molecule has 0 saturated carbocycles. The second kappa shape index (κ2) is 4.27. The van der Waals surface area contributed by atoms with Crippen molar-refractivity contribution in [2.75, 3.05) is 31.2 Å². The minimum absolute atomic E-state index is 0.0750. The van der Waals surface area contributed by atoms with Crippen molar-refractivity contribution in [1.29, 1.82) is 0 Å². The molecule has 80 valence electrons. The summed E-state index contributed by atoms with van der Waals surface area (Å²) in [6, 6.07) is 4.86. The zero-order valence-corrected chi connectivity index (χ0v) is 8.22. The van der Waals surface area contributed by atoms with E-state index in [4.69, 9.17) is 4.74 Å². The first-order valence-electron chi connectivity index (χ1n) is 4.80. The molecular formula is C10H12N2O3. The maximum Gasteiger partial charge on any atom is 0.149 e. The molecule has 1 aliphatic heterocycles. The molecule has 1 N–H and O–H groups in total. The van der Waals surface area contributed by atoms with E-state index in [2.05, 4.69) is 10.1 Å². The Balaban J connectivity index is 2.21. The van der Waals surface area contributed by atoms with Crippen molar-refractivity contribution in [3.05, 3.63) is 23.1 Å². The minimum Gasteiger partial charge on any atom is -0.505 e. The molecule has 2 rings (SSSR count). The summed E-state index contributed by atoms with van der Waals surface area (Å²) in [5.41, 5.74) is 0.968. The van der Waals surface area contributed by atoms with Crippen LogP contribution >= 0.6 is 0 Å². The first-order valence-corrected chi connectivity index (χ1v) is 4.80. The summed E-state index contributed by atoms with van der Waals surface area (Å²) in [6.07, 6.45) is 0. The van der Waals surface area contributed by atoms with Crippen LogP contribution in [0.3, 0.4) is 0 Å². The molecule has 15 heavy (non-hydrogen) atoms. The van der Waals surface area contributed by atoms with E-state index in [1.54, 1.807) is 12.1 Å². The molecule has 0 amide bonds. The molecule has 0 aliphatic carbocycles. The molecule has 1 heterocycles. The third kappa shape index (κ3) is 2.07. The SMILES string of the molecule is O=Nc1ccc(N2CCOCC2)cc1O. The van der Waals surface area contributed by atoms with Crippen molar-refractivity contribution < 1.29 is 9.84 Å². The van der Waals surface area contributed by atoms with Crippen LogP contribution in [0.1, 0.15) is 0 Å². The number of phenols is 1. The zero-order valence-electron chi connectivity index (χ0n) is 8.22. The second-order valence-corrected chi connectivity index (χ2v) is 3.36. The van der Waals surface area contributed by atoms with Crippen molar-refractivity contribution in [1.82, 2.24) is 0 Å². The first-order chi connectivity index (χ1) is 7.31. The Bertz CT molecular complexity index is 362. The number of nitroso groups, excluding NO2 is 1. The van der Waals surface area contributed by atoms with Gasteiger partial charge in [-0.2, -0.15) is 0 Å². The van der Waals surface area contributed by atoms with E-state index in [9.17, 15) is 10.0 Å². The number of hydrogen-bond donors (Lipinski definition) is 1. The van der Waals surface area contributed by atoms with Gasteiger partial charge in [0.15, 0.2) is 0 Å². The first kappa shape index (κ1) is 9.92. The number of benzene rings is 1. The van der Waals surface area contributed by atoms with Crippen molar-refractivity contribution in [3.8, 4) is 5.75 Å². The average molecular weight is 208 g/mol. The van der Waals surface area contributed by atoms with Crippen LogP contribution in [0.5, 0.6) is 5.75 Å². The number of nitrogens with zero attached hydrogens (tertiary/aromatic N) is 2. The normalized spacial score (nSPS) is 16.4.